The van der Waals surface area contributed by atoms with Crippen LogP contribution in [0.2, 0.25) is 0 Å². The molecule has 1 aliphatic rings. The van der Waals surface area contributed by atoms with Gasteiger partial charge in [-0.15, -0.1) is 0 Å². The van der Waals surface area contributed by atoms with Crippen LogP contribution in [0.5, 0.6) is 0 Å². The minimum Gasteiger partial charge on any atom is -0.368 e. The monoisotopic (exact) mass is 333 g/mol. The summed E-state index contributed by atoms with van der Waals surface area (Å²) >= 11 is 3.55. The molecule has 4 nitrogen and oxygen atoms in total. The van der Waals surface area contributed by atoms with Crippen LogP contribution >= 0.6 is 15.9 Å². The molecule has 2 N–H and O–H groups in total. The molecule has 1 fully saturated rings. The molecule has 5 heteroatoms. The summed E-state index contributed by atoms with van der Waals surface area (Å²) < 4.78 is 1.04. The minimum absolute atomic E-state index is 0.141. The lowest BCUT2D eigenvalue weighted by Crippen LogP contribution is -2.39. The molecule has 1 aromatic carbocycles. The fraction of sp³-hybridized carbons (Fsp3) is 0.333. The van der Waals surface area contributed by atoms with Gasteiger partial charge in [0.05, 0.1) is 11.6 Å². The first-order valence-electron chi connectivity index (χ1n) is 6.72. The normalized spacial score (nSPS) is 19.6. The summed E-state index contributed by atoms with van der Waals surface area (Å²) in [4.78, 5) is 18.1. The average molecular weight is 334 g/mol. The quantitative estimate of drug-likeness (QED) is 0.938. The number of nitrogens with zero attached hydrogens (tertiary/aromatic N) is 2. The van der Waals surface area contributed by atoms with E-state index in [9.17, 15) is 4.79 Å². The molecule has 1 saturated heterocycles. The Bertz CT molecular complexity index is 659. The predicted octanol–water partition coefficient (Wildman–Crippen LogP) is 2.45. The number of carbonyl (C=O) groups is 1. The number of carbonyl (C=O) groups excluding carboxylic acids is 1. The van der Waals surface area contributed by atoms with Gasteiger partial charge in [0.1, 0.15) is 0 Å². The van der Waals surface area contributed by atoms with E-state index in [4.69, 9.17) is 5.73 Å². The molecule has 1 amide bonds. The fourth-order valence-corrected chi connectivity index (χ4v) is 3.33. The highest BCUT2D eigenvalue weighted by Gasteiger charge is 2.29. The van der Waals surface area contributed by atoms with Gasteiger partial charge in [-0.3, -0.25) is 14.7 Å². The van der Waals surface area contributed by atoms with Gasteiger partial charge in [0.25, 0.3) is 0 Å². The summed E-state index contributed by atoms with van der Waals surface area (Å²) in [5, 5.41) is 1.10. The number of hydrogen-bond donors (Lipinski definition) is 1. The number of likely N-dealkylation sites (tertiary alicyclic amines) is 1. The van der Waals surface area contributed by atoms with Crippen LogP contribution in [-0.2, 0) is 11.3 Å². The lowest BCUT2D eigenvalue weighted by atomic mass is 10.1. The van der Waals surface area contributed by atoms with Crippen LogP contribution in [0.15, 0.2) is 34.9 Å². The second kappa shape index (κ2) is 5.50. The van der Waals surface area contributed by atoms with Crippen molar-refractivity contribution in [2.75, 3.05) is 6.54 Å². The highest BCUT2D eigenvalue weighted by Crippen LogP contribution is 2.28. The Labute approximate surface area is 126 Å². The van der Waals surface area contributed by atoms with Crippen molar-refractivity contribution in [1.82, 2.24) is 9.88 Å². The number of fused-ring (bicyclic) bond motifs is 1. The smallest absolute Gasteiger partial charge is 0.234 e. The van der Waals surface area contributed by atoms with Crippen LogP contribution in [0.3, 0.4) is 0 Å². The number of pyridine rings is 1. The maximum atomic E-state index is 11.5. The van der Waals surface area contributed by atoms with Crippen molar-refractivity contribution < 1.29 is 4.79 Å². The van der Waals surface area contributed by atoms with E-state index >= 15 is 0 Å². The molecule has 0 bridgehead atoms. The van der Waals surface area contributed by atoms with Gasteiger partial charge in [0, 0.05) is 22.6 Å². The van der Waals surface area contributed by atoms with Crippen LogP contribution in [0.25, 0.3) is 10.9 Å². The van der Waals surface area contributed by atoms with E-state index in [1.807, 2.05) is 18.2 Å². The van der Waals surface area contributed by atoms with Gasteiger partial charge in [-0.25, -0.2) is 0 Å². The first-order valence-corrected chi connectivity index (χ1v) is 7.51. The largest absolute Gasteiger partial charge is 0.368 e. The van der Waals surface area contributed by atoms with Gasteiger partial charge < -0.3 is 5.73 Å². The van der Waals surface area contributed by atoms with Gasteiger partial charge in [-0.2, -0.15) is 0 Å². The first-order chi connectivity index (χ1) is 9.66. The number of aromatic nitrogens is 1. The third kappa shape index (κ3) is 2.43. The van der Waals surface area contributed by atoms with Crippen molar-refractivity contribution in [2.45, 2.75) is 25.4 Å². The molecule has 0 unspecified atom stereocenters. The third-order valence-electron chi connectivity index (χ3n) is 3.87. The number of benzene rings is 1. The molecule has 0 aliphatic carbocycles. The van der Waals surface area contributed by atoms with Gasteiger partial charge in [-0.05, 0) is 37.1 Å². The van der Waals surface area contributed by atoms with E-state index in [-0.39, 0.29) is 11.9 Å². The number of hydrogen-bond acceptors (Lipinski definition) is 3. The van der Waals surface area contributed by atoms with Gasteiger partial charge in [0.15, 0.2) is 0 Å². The molecule has 0 spiro atoms. The zero-order valence-electron chi connectivity index (χ0n) is 11.1. The zero-order valence-corrected chi connectivity index (χ0v) is 12.6. The molecular weight excluding hydrogens is 318 g/mol. The number of halogens is 1. The Morgan fingerprint density at radius 2 is 2.30 bits per heavy atom. The van der Waals surface area contributed by atoms with E-state index in [0.29, 0.717) is 6.54 Å². The molecular formula is C15H16BrN3O. The van der Waals surface area contributed by atoms with Crippen molar-refractivity contribution in [2.24, 2.45) is 5.73 Å². The van der Waals surface area contributed by atoms with E-state index in [2.05, 4.69) is 31.9 Å². The molecule has 1 aromatic heterocycles. The number of amides is 1. The highest BCUT2D eigenvalue weighted by atomic mass is 79.9. The molecule has 2 aromatic rings. The fourth-order valence-electron chi connectivity index (χ4n) is 2.88. The average Bonchev–Trinajstić information content (AvgIpc) is 2.91. The summed E-state index contributed by atoms with van der Waals surface area (Å²) in [6.45, 7) is 1.63. The SMILES string of the molecule is NC(=O)[C@@H]1CCCN1Cc1ccc(Br)c2cccnc12. The summed E-state index contributed by atoms with van der Waals surface area (Å²) in [7, 11) is 0. The van der Waals surface area contributed by atoms with Crippen molar-refractivity contribution in [3.8, 4) is 0 Å². The zero-order chi connectivity index (χ0) is 14.1. The van der Waals surface area contributed by atoms with Crippen molar-refractivity contribution >= 4 is 32.7 Å². The van der Waals surface area contributed by atoms with Gasteiger partial charge in [-0.1, -0.05) is 28.1 Å². The van der Waals surface area contributed by atoms with Crippen LogP contribution in [-0.4, -0.2) is 28.4 Å². The number of primary amides is 1. The molecule has 1 atom stereocenters. The van der Waals surface area contributed by atoms with Crippen molar-refractivity contribution in [1.29, 1.82) is 0 Å². The molecule has 0 radical (unpaired) electrons. The van der Waals surface area contributed by atoms with Crippen LogP contribution in [0, 0.1) is 0 Å². The van der Waals surface area contributed by atoms with E-state index in [1.54, 1.807) is 6.20 Å². The van der Waals surface area contributed by atoms with Crippen LogP contribution < -0.4 is 5.73 Å². The number of rotatable bonds is 3. The second-order valence-corrected chi connectivity index (χ2v) is 5.99. The predicted molar refractivity (Wildman–Crippen MR) is 82.1 cm³/mol. The molecule has 1 aliphatic heterocycles. The van der Waals surface area contributed by atoms with E-state index in [0.717, 1.165) is 40.3 Å². The first kappa shape index (κ1) is 13.5. The lowest BCUT2D eigenvalue weighted by molar-refractivity contribution is -0.122. The summed E-state index contributed by atoms with van der Waals surface area (Å²) in [6.07, 6.45) is 3.68. The maximum absolute atomic E-state index is 11.5. The molecule has 20 heavy (non-hydrogen) atoms. The standard InChI is InChI=1S/C15H16BrN3O/c16-12-6-5-10(14-11(12)3-1-7-18-14)9-19-8-2-4-13(19)15(17)20/h1,3,5-7,13H,2,4,8-9H2,(H2,17,20)/t13-/m0/s1. The Morgan fingerprint density at radius 1 is 1.45 bits per heavy atom. The Morgan fingerprint density at radius 3 is 3.10 bits per heavy atom. The summed E-state index contributed by atoms with van der Waals surface area (Å²) in [5.74, 6) is -0.225. The van der Waals surface area contributed by atoms with Gasteiger partial charge >= 0.3 is 0 Å². The number of nitrogens with two attached hydrogens (primary N) is 1. The summed E-state index contributed by atoms with van der Waals surface area (Å²) in [6, 6.07) is 7.94. The van der Waals surface area contributed by atoms with E-state index < -0.39 is 0 Å². The molecule has 2 heterocycles. The van der Waals surface area contributed by atoms with Crippen molar-refractivity contribution in [3.05, 3.63) is 40.5 Å². The molecule has 3 rings (SSSR count). The lowest BCUT2D eigenvalue weighted by Gasteiger charge is -2.22. The van der Waals surface area contributed by atoms with Gasteiger partial charge in [0.2, 0.25) is 5.91 Å². The van der Waals surface area contributed by atoms with Crippen molar-refractivity contribution in [3.63, 3.8) is 0 Å². The minimum atomic E-state index is -0.225. The maximum Gasteiger partial charge on any atom is 0.234 e. The summed E-state index contributed by atoms with van der Waals surface area (Å²) in [5.41, 5.74) is 7.59. The van der Waals surface area contributed by atoms with E-state index in [1.165, 1.54) is 0 Å². The van der Waals surface area contributed by atoms with Crippen LogP contribution in [0.4, 0.5) is 0 Å². The third-order valence-corrected chi connectivity index (χ3v) is 4.56. The Kier molecular flexibility index (Phi) is 3.72. The van der Waals surface area contributed by atoms with Crippen LogP contribution in [0.1, 0.15) is 18.4 Å². The highest BCUT2D eigenvalue weighted by molar-refractivity contribution is 9.10. The Balaban J connectivity index is 1.95. The topological polar surface area (TPSA) is 59.2 Å². The molecule has 104 valence electrons. The second-order valence-electron chi connectivity index (χ2n) is 5.14. The molecule has 0 saturated carbocycles. The Hall–Kier alpha value is -1.46.